The van der Waals surface area contributed by atoms with Crippen molar-refractivity contribution in [3.8, 4) is 0 Å². The molecule has 23 heavy (non-hydrogen) atoms. The lowest BCUT2D eigenvalue weighted by Crippen LogP contribution is -2.24. The lowest BCUT2D eigenvalue weighted by Gasteiger charge is -2.10. The van der Waals surface area contributed by atoms with E-state index >= 15 is 0 Å². The van der Waals surface area contributed by atoms with Gasteiger partial charge in [-0.05, 0) is 35.4 Å². The van der Waals surface area contributed by atoms with Crippen LogP contribution < -0.4 is 5.59 Å². The van der Waals surface area contributed by atoms with E-state index in [9.17, 15) is 16.8 Å². The summed E-state index contributed by atoms with van der Waals surface area (Å²) in [5.74, 6) is -0.110. The molecule has 0 atom stereocenters. The van der Waals surface area contributed by atoms with Crippen LogP contribution in [0, 0.1) is 0 Å². The summed E-state index contributed by atoms with van der Waals surface area (Å²) in [4.78, 5) is 0.195. The molecule has 0 N–H and O–H groups in total. The van der Waals surface area contributed by atoms with Crippen LogP contribution in [-0.2, 0) is 26.5 Å². The molecule has 0 fully saturated rings. The molecule has 0 aliphatic heterocycles. The van der Waals surface area contributed by atoms with Crippen molar-refractivity contribution in [2.24, 2.45) is 0 Å². The smallest absolute Gasteiger partial charge is 0.248 e. The summed E-state index contributed by atoms with van der Waals surface area (Å²) in [6.07, 6.45) is 0. The van der Waals surface area contributed by atoms with E-state index in [1.165, 1.54) is 3.97 Å². The largest absolute Gasteiger partial charge is 0.267 e. The summed E-state index contributed by atoms with van der Waals surface area (Å²) in [5, 5.41) is 0.642. The summed E-state index contributed by atoms with van der Waals surface area (Å²) < 4.78 is 49.1. The van der Waals surface area contributed by atoms with Crippen molar-refractivity contribution in [3.63, 3.8) is 0 Å². The Morgan fingerprint density at radius 3 is 2.35 bits per heavy atom. The van der Waals surface area contributed by atoms with Gasteiger partial charge in [-0.15, -0.1) is 0 Å². The van der Waals surface area contributed by atoms with Crippen molar-refractivity contribution in [2.45, 2.75) is 10.6 Å². The molecule has 0 bridgehead atoms. The number of thiol groups is 1. The van der Waals surface area contributed by atoms with E-state index in [4.69, 9.17) is 0 Å². The second kappa shape index (κ2) is 5.86. The minimum atomic E-state index is -3.73. The van der Waals surface area contributed by atoms with E-state index < -0.39 is 20.7 Å². The van der Waals surface area contributed by atoms with Crippen LogP contribution in [0.3, 0.4) is 0 Å². The van der Waals surface area contributed by atoms with Crippen LogP contribution in [0.1, 0.15) is 5.56 Å². The number of hydrogen-bond donors (Lipinski definition) is 1. The highest BCUT2D eigenvalue weighted by Crippen LogP contribution is 2.23. The van der Waals surface area contributed by atoms with Gasteiger partial charge in [0.15, 0.2) is 7.85 Å². The number of rotatable bonds is 4. The van der Waals surface area contributed by atoms with Crippen LogP contribution in [0.2, 0.25) is 0 Å². The predicted octanol–water partition coefficient (Wildman–Crippen LogP) is 0.248. The number of nitrogens with zero attached hydrogens (tertiary/aromatic N) is 1. The van der Waals surface area contributed by atoms with Crippen LogP contribution in [0.15, 0.2) is 59.5 Å². The van der Waals surface area contributed by atoms with E-state index in [2.05, 4.69) is 0 Å². The molecule has 3 aromatic rings. The molecule has 3 rings (SSSR count). The number of hydrogen-bond acceptors (Lipinski definition) is 4. The van der Waals surface area contributed by atoms with Crippen LogP contribution >= 0.6 is 0 Å². The van der Waals surface area contributed by atoms with Crippen molar-refractivity contribution < 1.29 is 16.8 Å². The Bertz CT molecular complexity index is 1050. The Morgan fingerprint density at radius 1 is 1.00 bits per heavy atom. The van der Waals surface area contributed by atoms with Crippen LogP contribution in [-0.4, -0.2) is 28.7 Å². The minimum Gasteiger partial charge on any atom is -0.248 e. The SMILES string of the molecule is Bc1cc2c(C[SH](=O)=O)cccc2n1S(=O)(=O)c1ccccc1. The Morgan fingerprint density at radius 2 is 1.70 bits per heavy atom. The monoisotopic (exact) mass is 347 g/mol. The molecule has 1 aromatic heterocycles. The van der Waals surface area contributed by atoms with Gasteiger partial charge >= 0.3 is 0 Å². The fourth-order valence-corrected chi connectivity index (χ4v) is 4.81. The first kappa shape index (κ1) is 15.8. The molecule has 0 aliphatic rings. The zero-order valence-electron chi connectivity index (χ0n) is 12.3. The molecule has 8 heteroatoms. The Kier molecular flexibility index (Phi) is 4.03. The highest BCUT2D eigenvalue weighted by molar-refractivity contribution is 7.90. The van der Waals surface area contributed by atoms with E-state index in [1.807, 2.05) is 0 Å². The van der Waals surface area contributed by atoms with Gasteiger partial charge in [0.05, 0.1) is 16.2 Å². The lowest BCUT2D eigenvalue weighted by atomic mass is 10.0. The normalized spacial score (nSPS) is 12.0. The van der Waals surface area contributed by atoms with Crippen molar-refractivity contribution in [2.75, 3.05) is 0 Å². The number of aromatic nitrogens is 1. The molecule has 0 unspecified atom stereocenters. The van der Waals surface area contributed by atoms with Gasteiger partial charge in [-0.2, -0.15) is 0 Å². The molecular weight excluding hydrogens is 333 g/mol. The predicted molar refractivity (Wildman–Crippen MR) is 93.2 cm³/mol. The summed E-state index contributed by atoms with van der Waals surface area (Å²) in [7, 11) is -4.62. The number of fused-ring (bicyclic) bond motifs is 1. The van der Waals surface area contributed by atoms with Crippen molar-refractivity contribution in [3.05, 3.63) is 60.2 Å². The molecule has 0 saturated heterocycles. The van der Waals surface area contributed by atoms with E-state index in [1.54, 1.807) is 62.4 Å². The molecule has 0 radical (unpaired) electrons. The Balaban J connectivity index is 2.29. The Hall–Kier alpha value is -2.06. The topological polar surface area (TPSA) is 73.2 Å². The highest BCUT2D eigenvalue weighted by atomic mass is 32.2. The molecule has 118 valence electrons. The molecule has 0 spiro atoms. The lowest BCUT2D eigenvalue weighted by molar-refractivity contribution is 0.590. The molecular formula is C15H14BNO4S2. The van der Waals surface area contributed by atoms with Gasteiger partial charge < -0.3 is 0 Å². The van der Waals surface area contributed by atoms with Crippen LogP contribution in [0.4, 0.5) is 0 Å². The molecule has 1 heterocycles. The molecule has 2 aromatic carbocycles. The van der Waals surface area contributed by atoms with Crippen molar-refractivity contribution in [1.82, 2.24) is 3.97 Å². The van der Waals surface area contributed by atoms with Gasteiger partial charge in [0, 0.05) is 5.39 Å². The summed E-state index contributed by atoms with van der Waals surface area (Å²) in [6.45, 7) is 0. The Labute approximate surface area is 137 Å². The molecule has 0 saturated carbocycles. The number of benzene rings is 2. The molecule has 5 nitrogen and oxygen atoms in total. The highest BCUT2D eigenvalue weighted by Gasteiger charge is 2.21. The van der Waals surface area contributed by atoms with Gasteiger partial charge in [0.25, 0.3) is 10.0 Å². The summed E-state index contributed by atoms with van der Waals surface area (Å²) in [5.41, 5.74) is 1.63. The molecule has 0 aliphatic carbocycles. The van der Waals surface area contributed by atoms with E-state index in [0.717, 1.165) is 0 Å². The summed E-state index contributed by atoms with van der Waals surface area (Å²) in [6, 6.07) is 14.9. The fourth-order valence-electron chi connectivity index (χ4n) is 2.69. The van der Waals surface area contributed by atoms with E-state index in [0.29, 0.717) is 22.1 Å². The second-order valence-electron chi connectivity index (χ2n) is 5.21. The third-order valence-electron chi connectivity index (χ3n) is 3.65. The first-order valence-electron chi connectivity index (χ1n) is 6.93. The third kappa shape index (κ3) is 2.79. The first-order valence-corrected chi connectivity index (χ1v) is 9.74. The minimum absolute atomic E-state index is 0.110. The zero-order valence-corrected chi connectivity index (χ0v) is 14.0. The van der Waals surface area contributed by atoms with Crippen LogP contribution in [0.25, 0.3) is 10.9 Å². The fraction of sp³-hybridized carbons (Fsp3) is 0.0667. The average molecular weight is 347 g/mol. The van der Waals surface area contributed by atoms with Crippen molar-refractivity contribution in [1.29, 1.82) is 0 Å². The quantitative estimate of drug-likeness (QED) is 0.542. The van der Waals surface area contributed by atoms with Crippen LogP contribution in [0.5, 0.6) is 0 Å². The standard InChI is InChI=1S/C15H14BNO4S2/c16-15-9-13-11(10-22(18)19)5-4-8-14(13)17(15)23(20,21)12-6-2-1-3-7-12/h1-9,22H,10,16H2. The van der Waals surface area contributed by atoms with E-state index in [-0.39, 0.29) is 10.6 Å². The third-order valence-corrected chi connectivity index (χ3v) is 6.08. The average Bonchev–Trinajstić information content (AvgIpc) is 2.85. The van der Waals surface area contributed by atoms with Gasteiger partial charge in [-0.1, -0.05) is 30.3 Å². The maximum absolute atomic E-state index is 12.9. The second-order valence-corrected chi connectivity index (χ2v) is 7.98. The van der Waals surface area contributed by atoms with Gasteiger partial charge in [-0.3, -0.25) is 0 Å². The summed E-state index contributed by atoms with van der Waals surface area (Å²) >= 11 is 0. The van der Waals surface area contributed by atoms with Crippen molar-refractivity contribution >= 4 is 45.1 Å². The van der Waals surface area contributed by atoms with Gasteiger partial charge in [-0.25, -0.2) is 20.8 Å². The maximum Gasteiger partial charge on any atom is 0.267 e. The maximum atomic E-state index is 12.9. The zero-order chi connectivity index (χ0) is 16.6. The molecule has 0 amide bonds. The first-order chi connectivity index (χ1) is 10.9. The van der Waals surface area contributed by atoms with Gasteiger partial charge in [0.1, 0.15) is 10.7 Å². The van der Waals surface area contributed by atoms with Gasteiger partial charge in [0.2, 0.25) is 0 Å².